The van der Waals surface area contributed by atoms with Crippen LogP contribution in [0.25, 0.3) is 0 Å². The fourth-order valence-corrected chi connectivity index (χ4v) is 4.56. The van der Waals surface area contributed by atoms with Crippen molar-refractivity contribution in [2.45, 2.75) is 5.92 Å². The number of hydrogen-bond donors (Lipinski definition) is 2. The highest BCUT2D eigenvalue weighted by atomic mass is 79.9. The van der Waals surface area contributed by atoms with Crippen LogP contribution in [0.15, 0.2) is 63.6 Å². The van der Waals surface area contributed by atoms with Crippen LogP contribution < -0.4 is 15.4 Å². The number of hydrogen-bond acceptors (Lipinski definition) is 7. The number of methoxy groups -OCH3 is 2. The minimum Gasteiger partial charge on any atom is -0.496 e. The van der Waals surface area contributed by atoms with E-state index in [0.29, 0.717) is 17.0 Å². The number of esters is 1. The molecule has 170 valence electrons. The highest BCUT2D eigenvalue weighted by molar-refractivity contribution is 9.10. The molecule has 2 atom stereocenters. The molecule has 33 heavy (non-hydrogen) atoms. The van der Waals surface area contributed by atoms with Gasteiger partial charge in [-0.25, -0.2) is 0 Å². The third-order valence-corrected chi connectivity index (χ3v) is 6.48. The van der Waals surface area contributed by atoms with Crippen LogP contribution in [-0.4, -0.2) is 37.8 Å². The zero-order valence-corrected chi connectivity index (χ0v) is 20.2. The van der Waals surface area contributed by atoms with Crippen molar-refractivity contribution in [3.8, 4) is 11.8 Å². The van der Waals surface area contributed by atoms with Crippen LogP contribution in [0.1, 0.15) is 11.5 Å². The maximum Gasteiger partial charge on any atom is 0.319 e. The number of carbonyl (C=O) groups is 3. The van der Waals surface area contributed by atoms with E-state index in [1.807, 2.05) is 0 Å². The number of anilines is 1. The van der Waals surface area contributed by atoms with Crippen LogP contribution in [-0.2, 0) is 19.1 Å². The van der Waals surface area contributed by atoms with Gasteiger partial charge in [-0.3, -0.25) is 14.4 Å². The first-order valence-corrected chi connectivity index (χ1v) is 11.5. The van der Waals surface area contributed by atoms with E-state index < -0.39 is 23.7 Å². The topological polar surface area (TPSA) is 118 Å². The Labute approximate surface area is 203 Å². The Morgan fingerprint density at radius 3 is 2.52 bits per heavy atom. The number of halogens is 1. The van der Waals surface area contributed by atoms with Gasteiger partial charge < -0.3 is 20.1 Å². The molecule has 0 saturated heterocycles. The second-order valence-electron chi connectivity index (χ2n) is 6.91. The number of benzene rings is 2. The summed E-state index contributed by atoms with van der Waals surface area (Å²) in [7, 11) is 2.65. The van der Waals surface area contributed by atoms with Gasteiger partial charge in [0, 0.05) is 21.6 Å². The lowest BCUT2D eigenvalue weighted by Crippen LogP contribution is -2.44. The van der Waals surface area contributed by atoms with E-state index in [-0.39, 0.29) is 22.3 Å². The van der Waals surface area contributed by atoms with Crippen LogP contribution in [0.4, 0.5) is 5.69 Å². The second kappa shape index (κ2) is 11.0. The monoisotopic (exact) mass is 529 g/mol. The molecule has 8 nitrogen and oxygen atoms in total. The number of nitrogens with one attached hydrogen (secondary N) is 2. The quantitative estimate of drug-likeness (QED) is 0.415. The largest absolute Gasteiger partial charge is 0.496 e. The zero-order valence-electron chi connectivity index (χ0n) is 17.8. The first-order valence-electron chi connectivity index (χ1n) is 9.73. The van der Waals surface area contributed by atoms with Crippen molar-refractivity contribution in [1.29, 1.82) is 5.26 Å². The van der Waals surface area contributed by atoms with Gasteiger partial charge >= 0.3 is 5.97 Å². The molecule has 0 saturated carbocycles. The van der Waals surface area contributed by atoms with E-state index in [1.165, 1.54) is 14.2 Å². The Morgan fingerprint density at radius 1 is 1.18 bits per heavy atom. The number of rotatable bonds is 7. The lowest BCUT2D eigenvalue weighted by atomic mass is 9.78. The van der Waals surface area contributed by atoms with Crippen molar-refractivity contribution in [3.63, 3.8) is 0 Å². The predicted octanol–water partition coefficient (Wildman–Crippen LogP) is 3.57. The summed E-state index contributed by atoms with van der Waals surface area (Å²) in [6.45, 7) is 0. The summed E-state index contributed by atoms with van der Waals surface area (Å²) in [5, 5.41) is 15.5. The Kier molecular flexibility index (Phi) is 8.14. The van der Waals surface area contributed by atoms with Gasteiger partial charge in [0.05, 0.1) is 36.6 Å². The molecule has 2 aromatic rings. The highest BCUT2D eigenvalue weighted by Crippen LogP contribution is 2.43. The zero-order chi connectivity index (χ0) is 24.0. The van der Waals surface area contributed by atoms with Gasteiger partial charge in [0.2, 0.25) is 11.8 Å². The van der Waals surface area contributed by atoms with Crippen molar-refractivity contribution in [2.75, 3.05) is 25.3 Å². The number of allylic oxidation sites excluding steroid dienone is 1. The van der Waals surface area contributed by atoms with Gasteiger partial charge in [-0.15, -0.1) is 0 Å². The normalized spacial score (nSPS) is 17.6. The molecule has 1 heterocycles. The van der Waals surface area contributed by atoms with Crippen molar-refractivity contribution < 1.29 is 23.9 Å². The summed E-state index contributed by atoms with van der Waals surface area (Å²) in [5.74, 6) is -3.54. The minimum absolute atomic E-state index is 0.0572. The molecule has 2 amide bonds. The molecular formula is C23H20BrN3O5S. The van der Waals surface area contributed by atoms with Crippen LogP contribution in [0.2, 0.25) is 0 Å². The number of para-hydroxylation sites is 1. The number of amides is 2. The molecule has 0 spiro atoms. The molecule has 0 aliphatic carbocycles. The van der Waals surface area contributed by atoms with Crippen molar-refractivity contribution >= 4 is 51.2 Å². The van der Waals surface area contributed by atoms with E-state index in [4.69, 9.17) is 9.47 Å². The van der Waals surface area contributed by atoms with Gasteiger partial charge in [0.15, 0.2) is 0 Å². The van der Waals surface area contributed by atoms with E-state index >= 15 is 0 Å². The molecule has 1 aliphatic heterocycles. The summed E-state index contributed by atoms with van der Waals surface area (Å²) >= 11 is 4.34. The first kappa shape index (κ1) is 24.4. The molecular weight excluding hydrogens is 510 g/mol. The van der Waals surface area contributed by atoms with Gasteiger partial charge in [-0.05, 0) is 30.3 Å². The van der Waals surface area contributed by atoms with Crippen molar-refractivity contribution in [1.82, 2.24) is 5.32 Å². The molecule has 0 fully saturated rings. The smallest absolute Gasteiger partial charge is 0.319 e. The van der Waals surface area contributed by atoms with E-state index in [1.54, 1.807) is 48.5 Å². The molecule has 2 aromatic carbocycles. The number of thioether (sulfide) groups is 1. The Balaban J connectivity index is 1.92. The third-order valence-electron chi connectivity index (χ3n) is 4.93. The minimum atomic E-state index is -1.28. The van der Waals surface area contributed by atoms with Crippen LogP contribution >= 0.6 is 27.7 Å². The van der Waals surface area contributed by atoms with E-state index in [9.17, 15) is 19.6 Å². The summed E-state index contributed by atoms with van der Waals surface area (Å²) in [6, 6.07) is 16.0. The second-order valence-corrected chi connectivity index (χ2v) is 8.81. The Morgan fingerprint density at radius 2 is 1.88 bits per heavy atom. The Bertz CT molecular complexity index is 1140. The van der Waals surface area contributed by atoms with Crippen molar-refractivity contribution in [3.05, 3.63) is 69.2 Å². The average molecular weight is 530 g/mol. The standard InChI is InChI=1S/C23H20BrN3O5S/c1-31-17-6-4-3-5-15(17)19-16(11-25)22(27-21(29)20(19)23(30)32-2)33-12-18(28)26-14-9-7-13(24)8-10-14/h3-10,19-20H,12H2,1-2H3,(H,26,28)(H,27,29)/t19-,20+/m1/s1. The molecule has 10 heteroatoms. The van der Waals surface area contributed by atoms with Crippen LogP contribution in [0, 0.1) is 17.2 Å². The predicted molar refractivity (Wildman–Crippen MR) is 127 cm³/mol. The molecule has 0 bridgehead atoms. The summed E-state index contributed by atoms with van der Waals surface area (Å²) in [5.41, 5.74) is 1.26. The number of ether oxygens (including phenoxy) is 2. The maximum atomic E-state index is 12.9. The summed E-state index contributed by atoms with van der Waals surface area (Å²) < 4.78 is 11.1. The molecule has 1 aliphatic rings. The highest BCUT2D eigenvalue weighted by Gasteiger charge is 2.45. The SMILES string of the molecule is COC(=O)[C@@H]1C(=O)NC(SCC(=O)Nc2ccc(Br)cc2)=C(C#N)[C@H]1c1ccccc1OC. The van der Waals surface area contributed by atoms with Gasteiger partial charge in [0.1, 0.15) is 11.7 Å². The van der Waals surface area contributed by atoms with E-state index in [2.05, 4.69) is 32.6 Å². The van der Waals surface area contributed by atoms with Gasteiger partial charge in [-0.2, -0.15) is 5.26 Å². The summed E-state index contributed by atoms with van der Waals surface area (Å²) in [4.78, 5) is 37.8. The van der Waals surface area contributed by atoms with E-state index in [0.717, 1.165) is 16.2 Å². The van der Waals surface area contributed by atoms with Crippen LogP contribution in [0.3, 0.4) is 0 Å². The van der Waals surface area contributed by atoms with Crippen LogP contribution in [0.5, 0.6) is 5.75 Å². The molecule has 2 N–H and O–H groups in total. The fraction of sp³-hybridized carbons (Fsp3) is 0.217. The Hall–Kier alpha value is -3.29. The molecule has 3 rings (SSSR count). The third kappa shape index (κ3) is 5.56. The summed E-state index contributed by atoms with van der Waals surface area (Å²) in [6.07, 6.45) is 0. The van der Waals surface area contributed by atoms with Crippen molar-refractivity contribution in [2.24, 2.45) is 5.92 Å². The average Bonchev–Trinajstić information content (AvgIpc) is 2.83. The lowest BCUT2D eigenvalue weighted by molar-refractivity contribution is -0.150. The maximum absolute atomic E-state index is 12.9. The lowest BCUT2D eigenvalue weighted by Gasteiger charge is -2.31. The first-order chi connectivity index (χ1) is 15.9. The van der Waals surface area contributed by atoms with Gasteiger partial charge in [0.25, 0.3) is 0 Å². The fourth-order valence-electron chi connectivity index (χ4n) is 3.45. The van der Waals surface area contributed by atoms with Gasteiger partial charge in [-0.1, -0.05) is 45.9 Å². The number of carbonyl (C=O) groups excluding carboxylic acids is 3. The molecule has 0 aromatic heterocycles. The number of nitrogens with zero attached hydrogens (tertiary/aromatic N) is 1. The molecule has 0 radical (unpaired) electrons. The molecule has 0 unspecified atom stereocenters. The number of nitriles is 1.